The van der Waals surface area contributed by atoms with Crippen LogP contribution in [-0.4, -0.2) is 29.8 Å². The number of amidine groups is 2. The second-order valence-electron chi connectivity index (χ2n) is 9.84. The van der Waals surface area contributed by atoms with Crippen LogP contribution in [0.1, 0.15) is 51.0 Å². The van der Waals surface area contributed by atoms with Crippen molar-refractivity contribution in [2.75, 3.05) is 7.05 Å². The summed E-state index contributed by atoms with van der Waals surface area (Å²) in [5.74, 6) is 2.41. The molecule has 1 aromatic rings. The van der Waals surface area contributed by atoms with Crippen LogP contribution in [0, 0.1) is 5.92 Å². The molecule has 0 radical (unpaired) electrons. The Balaban J connectivity index is 1.31. The van der Waals surface area contributed by atoms with Gasteiger partial charge in [0.1, 0.15) is 17.8 Å². The van der Waals surface area contributed by atoms with Crippen LogP contribution in [0.25, 0.3) is 0 Å². The lowest BCUT2D eigenvalue weighted by atomic mass is 9.88. The van der Waals surface area contributed by atoms with E-state index in [-0.39, 0.29) is 6.17 Å². The third kappa shape index (κ3) is 5.30. The third-order valence-corrected chi connectivity index (χ3v) is 7.18. The largest absolute Gasteiger partial charge is 0.334 e. The number of allylic oxidation sites excluding steroid dienone is 9. The predicted molar refractivity (Wildman–Crippen MR) is 144 cm³/mol. The lowest BCUT2D eigenvalue weighted by molar-refractivity contribution is 0.405. The van der Waals surface area contributed by atoms with Crippen molar-refractivity contribution in [2.45, 2.75) is 58.0 Å². The fraction of sp³-hybridized carbons (Fsp3) is 0.355. The van der Waals surface area contributed by atoms with E-state index in [9.17, 15) is 0 Å². The molecule has 0 saturated heterocycles. The van der Waals surface area contributed by atoms with E-state index in [0.717, 1.165) is 43.8 Å². The fourth-order valence-corrected chi connectivity index (χ4v) is 5.35. The minimum Gasteiger partial charge on any atom is -0.334 e. The molecule has 0 spiro atoms. The van der Waals surface area contributed by atoms with E-state index in [4.69, 9.17) is 9.98 Å². The Morgan fingerprint density at radius 1 is 0.971 bits per heavy atom. The number of aliphatic imine (C=N–C) groups is 2. The smallest absolute Gasteiger partial charge is 0.146 e. The molecule has 34 heavy (non-hydrogen) atoms. The number of likely N-dealkylation sites (N-methyl/N-ethyl adjacent to an activating group) is 1. The average Bonchev–Trinajstić information content (AvgIpc) is 2.87. The molecule has 0 N–H and O–H groups in total. The first-order valence-corrected chi connectivity index (χ1v) is 12.7. The standard InChI is InChI=1S/C31H35N3/c1-23-32-30(28-18-16-26(17-19-28)20-24-10-5-3-6-11-24)34(2)31(33-23)29-15-9-14-27(22-29)21-25-12-7-4-8-13-25/h3-5,7-10,12-13,15-16,18,22,27,30H,6,11,14,17,19-21H2,1-2H3. The second-order valence-corrected chi connectivity index (χ2v) is 9.84. The van der Waals surface area contributed by atoms with Crippen LogP contribution in [-0.2, 0) is 6.42 Å². The van der Waals surface area contributed by atoms with Crippen molar-refractivity contribution in [3.8, 4) is 0 Å². The SMILES string of the molecule is CC1=NC(C2=CC=C(CC3=CC=CCC3)CC2)N(C)C(C2=CC(Cc3ccccc3)CC=C2)=N1. The van der Waals surface area contributed by atoms with Crippen LogP contribution in [0.3, 0.4) is 0 Å². The van der Waals surface area contributed by atoms with E-state index < -0.39 is 0 Å². The molecule has 3 nitrogen and oxygen atoms in total. The first-order valence-electron chi connectivity index (χ1n) is 12.7. The predicted octanol–water partition coefficient (Wildman–Crippen LogP) is 7.13. The molecule has 0 amide bonds. The zero-order valence-electron chi connectivity index (χ0n) is 20.5. The van der Waals surface area contributed by atoms with E-state index >= 15 is 0 Å². The van der Waals surface area contributed by atoms with Gasteiger partial charge in [-0.3, -0.25) is 0 Å². The molecule has 4 aliphatic rings. The molecular formula is C31H35N3. The summed E-state index contributed by atoms with van der Waals surface area (Å²) in [6.45, 7) is 2.03. The number of hydrogen-bond acceptors (Lipinski definition) is 3. The molecule has 174 valence electrons. The van der Waals surface area contributed by atoms with Gasteiger partial charge in [-0.1, -0.05) is 90.1 Å². The molecule has 2 atom stereocenters. The van der Waals surface area contributed by atoms with Gasteiger partial charge in [-0.25, -0.2) is 9.98 Å². The first-order chi connectivity index (χ1) is 16.7. The molecule has 3 aliphatic carbocycles. The number of benzene rings is 1. The molecular weight excluding hydrogens is 414 g/mol. The van der Waals surface area contributed by atoms with Crippen molar-refractivity contribution >= 4 is 11.7 Å². The summed E-state index contributed by atoms with van der Waals surface area (Å²) < 4.78 is 0. The first kappa shape index (κ1) is 22.6. The van der Waals surface area contributed by atoms with Gasteiger partial charge in [-0.05, 0) is 68.9 Å². The molecule has 2 unspecified atom stereocenters. The fourth-order valence-electron chi connectivity index (χ4n) is 5.35. The highest BCUT2D eigenvalue weighted by Gasteiger charge is 2.28. The van der Waals surface area contributed by atoms with Crippen molar-refractivity contribution in [3.63, 3.8) is 0 Å². The third-order valence-electron chi connectivity index (χ3n) is 7.18. The van der Waals surface area contributed by atoms with Crippen LogP contribution in [0.4, 0.5) is 0 Å². The van der Waals surface area contributed by atoms with Gasteiger partial charge < -0.3 is 4.90 Å². The van der Waals surface area contributed by atoms with Crippen molar-refractivity contribution in [2.24, 2.45) is 15.9 Å². The minimum absolute atomic E-state index is 0.0333. The Morgan fingerprint density at radius 2 is 1.82 bits per heavy atom. The number of nitrogens with zero attached hydrogens (tertiary/aromatic N) is 3. The van der Waals surface area contributed by atoms with Gasteiger partial charge in [-0.2, -0.15) is 0 Å². The van der Waals surface area contributed by atoms with E-state index in [1.54, 1.807) is 11.1 Å². The van der Waals surface area contributed by atoms with E-state index in [1.165, 1.54) is 29.6 Å². The van der Waals surface area contributed by atoms with Crippen LogP contribution in [0.5, 0.6) is 0 Å². The van der Waals surface area contributed by atoms with E-state index in [1.807, 2.05) is 6.92 Å². The van der Waals surface area contributed by atoms with Crippen LogP contribution >= 0.6 is 0 Å². The number of rotatable bonds is 6. The van der Waals surface area contributed by atoms with Gasteiger partial charge in [0, 0.05) is 12.6 Å². The quantitative estimate of drug-likeness (QED) is 0.454. The Bertz CT molecular complexity index is 1150. The lowest BCUT2D eigenvalue weighted by Crippen LogP contribution is -2.42. The summed E-state index contributed by atoms with van der Waals surface area (Å²) in [6, 6.07) is 10.8. The maximum atomic E-state index is 4.95. The van der Waals surface area contributed by atoms with Crippen LogP contribution in [0.15, 0.2) is 111 Å². The summed E-state index contributed by atoms with van der Waals surface area (Å²) >= 11 is 0. The Hall–Kier alpha value is -3.20. The van der Waals surface area contributed by atoms with Gasteiger partial charge in [0.05, 0.1) is 0 Å². The maximum Gasteiger partial charge on any atom is 0.146 e. The zero-order chi connectivity index (χ0) is 23.3. The summed E-state index contributed by atoms with van der Waals surface area (Å²) in [7, 11) is 2.15. The molecule has 0 aromatic heterocycles. The van der Waals surface area contributed by atoms with Gasteiger partial charge in [0.15, 0.2) is 0 Å². The van der Waals surface area contributed by atoms with Crippen molar-refractivity contribution in [3.05, 3.63) is 107 Å². The molecule has 1 heterocycles. The van der Waals surface area contributed by atoms with Crippen LogP contribution < -0.4 is 0 Å². The van der Waals surface area contributed by atoms with Crippen molar-refractivity contribution in [1.29, 1.82) is 0 Å². The summed E-state index contributed by atoms with van der Waals surface area (Å²) in [5, 5.41) is 0. The van der Waals surface area contributed by atoms with Gasteiger partial charge in [-0.15, -0.1) is 0 Å². The summed E-state index contributed by atoms with van der Waals surface area (Å²) in [6.07, 6.45) is 26.3. The molecule has 0 bridgehead atoms. The summed E-state index contributed by atoms with van der Waals surface area (Å²) in [4.78, 5) is 12.1. The van der Waals surface area contributed by atoms with Crippen LogP contribution in [0.2, 0.25) is 0 Å². The molecule has 1 aromatic carbocycles. The van der Waals surface area contributed by atoms with Crippen molar-refractivity contribution < 1.29 is 0 Å². The number of hydrogen-bond donors (Lipinski definition) is 0. The highest BCUT2D eigenvalue weighted by Crippen LogP contribution is 2.32. The Morgan fingerprint density at radius 3 is 2.59 bits per heavy atom. The van der Waals surface area contributed by atoms with Gasteiger partial charge >= 0.3 is 0 Å². The molecule has 0 fully saturated rings. The van der Waals surface area contributed by atoms with E-state index in [0.29, 0.717) is 5.92 Å². The monoisotopic (exact) mass is 449 g/mol. The molecule has 3 heteroatoms. The molecule has 1 aliphatic heterocycles. The molecule has 0 saturated carbocycles. The normalized spacial score (nSPS) is 24.6. The van der Waals surface area contributed by atoms with Gasteiger partial charge in [0.2, 0.25) is 0 Å². The summed E-state index contributed by atoms with van der Waals surface area (Å²) in [5.41, 5.74) is 7.10. The minimum atomic E-state index is 0.0333. The molecule has 5 rings (SSSR count). The topological polar surface area (TPSA) is 28.0 Å². The van der Waals surface area contributed by atoms with E-state index in [2.05, 4.69) is 90.9 Å². The Kier molecular flexibility index (Phi) is 6.89. The lowest BCUT2D eigenvalue weighted by Gasteiger charge is -2.35. The second kappa shape index (κ2) is 10.4. The Labute approximate surface area is 204 Å². The maximum absolute atomic E-state index is 4.95. The van der Waals surface area contributed by atoms with Crippen molar-refractivity contribution in [1.82, 2.24) is 4.90 Å². The average molecular weight is 450 g/mol. The highest BCUT2D eigenvalue weighted by atomic mass is 15.3. The highest BCUT2D eigenvalue weighted by molar-refractivity contribution is 6.08. The zero-order valence-corrected chi connectivity index (χ0v) is 20.5. The van der Waals surface area contributed by atoms with Gasteiger partial charge in [0.25, 0.3) is 0 Å².